The van der Waals surface area contributed by atoms with Crippen LogP contribution in [0.4, 0.5) is 5.69 Å². The Hall–Kier alpha value is -3.55. The van der Waals surface area contributed by atoms with E-state index in [1.54, 1.807) is 42.5 Å². The third-order valence-electron chi connectivity index (χ3n) is 4.50. The number of H-pyrrole nitrogens is 1. The predicted molar refractivity (Wildman–Crippen MR) is 104 cm³/mol. The molecular formula is C20H19N3O5. The number of rotatable bonds is 5. The first-order valence-corrected chi connectivity index (χ1v) is 9.03. The molecule has 2 aromatic carbocycles. The molecule has 3 aromatic rings. The largest absolute Gasteiger partial charge is 0.486 e. The van der Waals surface area contributed by atoms with Crippen molar-refractivity contribution in [2.24, 2.45) is 0 Å². The van der Waals surface area contributed by atoms with Gasteiger partial charge >= 0.3 is 5.69 Å². The van der Waals surface area contributed by atoms with E-state index in [2.05, 4.69) is 10.3 Å². The number of amides is 1. The molecule has 0 saturated carbocycles. The summed E-state index contributed by atoms with van der Waals surface area (Å²) < 4.78 is 12.1. The third-order valence-corrected chi connectivity index (χ3v) is 4.50. The highest BCUT2D eigenvalue weighted by atomic mass is 16.6. The van der Waals surface area contributed by atoms with Crippen molar-refractivity contribution >= 4 is 22.5 Å². The molecule has 4 rings (SSSR count). The van der Waals surface area contributed by atoms with Gasteiger partial charge in [-0.2, -0.15) is 0 Å². The Morgan fingerprint density at radius 3 is 2.71 bits per heavy atom. The van der Waals surface area contributed by atoms with Crippen molar-refractivity contribution in [3.63, 3.8) is 0 Å². The van der Waals surface area contributed by atoms with E-state index in [4.69, 9.17) is 9.47 Å². The molecule has 0 radical (unpaired) electrons. The number of carbonyl (C=O) groups is 1. The summed E-state index contributed by atoms with van der Waals surface area (Å²) in [5.74, 6) is 1.04. The number of carbonyl (C=O) groups excluding carboxylic acids is 1. The Kier molecular flexibility index (Phi) is 4.84. The number of aromatic amines is 1. The van der Waals surface area contributed by atoms with Crippen LogP contribution in [-0.4, -0.2) is 28.7 Å². The zero-order chi connectivity index (χ0) is 19.5. The van der Waals surface area contributed by atoms with Crippen LogP contribution in [0.3, 0.4) is 0 Å². The lowest BCUT2D eigenvalue weighted by Crippen LogP contribution is -2.35. The van der Waals surface area contributed by atoms with Gasteiger partial charge in [-0.15, -0.1) is 0 Å². The molecule has 28 heavy (non-hydrogen) atoms. The Labute approximate surface area is 159 Å². The number of benzene rings is 2. The van der Waals surface area contributed by atoms with E-state index in [9.17, 15) is 14.4 Å². The molecule has 1 aliphatic heterocycles. The maximum Gasteiger partial charge on any atom is 0.328 e. The van der Waals surface area contributed by atoms with E-state index in [0.717, 1.165) is 4.57 Å². The molecule has 0 unspecified atom stereocenters. The van der Waals surface area contributed by atoms with Gasteiger partial charge in [0.1, 0.15) is 13.2 Å². The van der Waals surface area contributed by atoms with Crippen LogP contribution < -0.4 is 26.0 Å². The van der Waals surface area contributed by atoms with Gasteiger partial charge in [0.05, 0.1) is 10.9 Å². The van der Waals surface area contributed by atoms with Crippen LogP contribution in [0.1, 0.15) is 12.8 Å². The molecule has 8 nitrogen and oxygen atoms in total. The smallest absolute Gasteiger partial charge is 0.328 e. The highest BCUT2D eigenvalue weighted by Gasteiger charge is 2.13. The summed E-state index contributed by atoms with van der Waals surface area (Å²) in [6, 6.07) is 12.0. The molecule has 0 saturated heterocycles. The van der Waals surface area contributed by atoms with Gasteiger partial charge in [0.25, 0.3) is 5.56 Å². The normalized spacial score (nSPS) is 12.7. The zero-order valence-electron chi connectivity index (χ0n) is 15.1. The molecule has 8 heteroatoms. The second-order valence-corrected chi connectivity index (χ2v) is 6.44. The van der Waals surface area contributed by atoms with E-state index in [1.807, 2.05) is 0 Å². The Balaban J connectivity index is 1.39. The second kappa shape index (κ2) is 7.59. The van der Waals surface area contributed by atoms with Crippen LogP contribution in [0.25, 0.3) is 10.9 Å². The molecular weight excluding hydrogens is 362 g/mol. The SMILES string of the molecule is O=C(CCCn1c(=O)[nH]c2ccccc2c1=O)Nc1ccc2c(c1)OCCO2. The Morgan fingerprint density at radius 1 is 1.07 bits per heavy atom. The predicted octanol–water partition coefficient (Wildman–Crippen LogP) is 1.88. The minimum absolute atomic E-state index is 0.160. The lowest BCUT2D eigenvalue weighted by Gasteiger charge is -2.19. The van der Waals surface area contributed by atoms with Gasteiger partial charge in [0.15, 0.2) is 11.5 Å². The summed E-state index contributed by atoms with van der Waals surface area (Å²) >= 11 is 0. The highest BCUT2D eigenvalue weighted by Crippen LogP contribution is 2.32. The number of fused-ring (bicyclic) bond motifs is 2. The van der Waals surface area contributed by atoms with Crippen molar-refractivity contribution < 1.29 is 14.3 Å². The van der Waals surface area contributed by atoms with E-state index in [1.165, 1.54) is 0 Å². The maximum atomic E-state index is 12.5. The number of ether oxygens (including phenoxy) is 2. The van der Waals surface area contributed by atoms with Crippen molar-refractivity contribution in [3.8, 4) is 11.5 Å². The van der Waals surface area contributed by atoms with Crippen LogP contribution in [-0.2, 0) is 11.3 Å². The van der Waals surface area contributed by atoms with Crippen LogP contribution in [0.2, 0.25) is 0 Å². The molecule has 1 aromatic heterocycles. The van der Waals surface area contributed by atoms with Crippen LogP contribution in [0.5, 0.6) is 11.5 Å². The number of nitrogens with one attached hydrogen (secondary N) is 2. The van der Waals surface area contributed by atoms with E-state index >= 15 is 0 Å². The highest BCUT2D eigenvalue weighted by molar-refractivity contribution is 5.91. The summed E-state index contributed by atoms with van der Waals surface area (Å²) in [7, 11) is 0. The fourth-order valence-corrected chi connectivity index (χ4v) is 3.14. The average Bonchev–Trinajstić information content (AvgIpc) is 2.70. The van der Waals surface area contributed by atoms with Gasteiger partial charge in [-0.25, -0.2) is 4.79 Å². The van der Waals surface area contributed by atoms with Crippen LogP contribution in [0, 0.1) is 0 Å². The number of nitrogens with zero attached hydrogens (tertiary/aromatic N) is 1. The minimum atomic E-state index is -0.476. The summed E-state index contributed by atoms with van der Waals surface area (Å²) in [5.41, 5.74) is 0.280. The quantitative estimate of drug-likeness (QED) is 0.703. The van der Waals surface area contributed by atoms with Gasteiger partial charge in [0.2, 0.25) is 5.91 Å². The van der Waals surface area contributed by atoms with Gasteiger partial charge < -0.3 is 19.8 Å². The van der Waals surface area contributed by atoms with Crippen molar-refractivity contribution in [2.45, 2.75) is 19.4 Å². The minimum Gasteiger partial charge on any atom is -0.486 e. The molecule has 2 N–H and O–H groups in total. The van der Waals surface area contributed by atoms with Crippen molar-refractivity contribution in [1.82, 2.24) is 9.55 Å². The Bertz CT molecular complexity index is 1150. The first-order chi connectivity index (χ1) is 13.6. The van der Waals surface area contributed by atoms with Crippen LogP contribution in [0.15, 0.2) is 52.1 Å². The van der Waals surface area contributed by atoms with Crippen LogP contribution >= 0.6 is 0 Å². The van der Waals surface area contributed by atoms with E-state index in [0.29, 0.717) is 47.7 Å². The van der Waals surface area contributed by atoms with Gasteiger partial charge in [-0.05, 0) is 30.7 Å². The molecule has 2 heterocycles. The average molecular weight is 381 g/mol. The van der Waals surface area contributed by atoms with E-state index in [-0.39, 0.29) is 24.4 Å². The summed E-state index contributed by atoms with van der Waals surface area (Å²) in [5, 5.41) is 3.24. The zero-order valence-corrected chi connectivity index (χ0v) is 15.1. The number of anilines is 1. The summed E-state index contributed by atoms with van der Waals surface area (Å²) in [6.07, 6.45) is 0.533. The monoisotopic (exact) mass is 381 g/mol. The second-order valence-electron chi connectivity index (χ2n) is 6.44. The molecule has 0 aliphatic carbocycles. The fraction of sp³-hybridized carbons (Fsp3) is 0.250. The van der Waals surface area contributed by atoms with Gasteiger partial charge in [0, 0.05) is 24.7 Å². The third kappa shape index (κ3) is 3.62. The Morgan fingerprint density at radius 2 is 1.86 bits per heavy atom. The fourth-order valence-electron chi connectivity index (χ4n) is 3.14. The topological polar surface area (TPSA) is 102 Å². The first kappa shape index (κ1) is 17.8. The molecule has 0 bridgehead atoms. The number of hydrogen-bond acceptors (Lipinski definition) is 5. The molecule has 0 spiro atoms. The number of aromatic nitrogens is 2. The first-order valence-electron chi connectivity index (χ1n) is 9.03. The van der Waals surface area contributed by atoms with Crippen molar-refractivity contribution in [2.75, 3.05) is 18.5 Å². The molecule has 1 aliphatic rings. The molecule has 1 amide bonds. The standard InChI is InChI=1S/C20H19N3O5/c24-18(21-13-7-8-16-17(12-13)28-11-10-27-16)6-3-9-23-19(25)14-4-1-2-5-15(14)22-20(23)26/h1-2,4-5,7-8,12H,3,6,9-11H2,(H,21,24)(H,22,26). The molecule has 0 atom stereocenters. The van der Waals surface area contributed by atoms with Crippen molar-refractivity contribution in [3.05, 3.63) is 63.3 Å². The van der Waals surface area contributed by atoms with Crippen molar-refractivity contribution in [1.29, 1.82) is 0 Å². The number of para-hydroxylation sites is 1. The number of hydrogen-bond donors (Lipinski definition) is 2. The van der Waals surface area contributed by atoms with E-state index < -0.39 is 5.69 Å². The lowest BCUT2D eigenvalue weighted by molar-refractivity contribution is -0.116. The summed E-state index contributed by atoms with van der Waals surface area (Å²) in [6.45, 7) is 1.14. The summed E-state index contributed by atoms with van der Waals surface area (Å²) in [4.78, 5) is 39.5. The molecule has 0 fully saturated rings. The van der Waals surface area contributed by atoms with Gasteiger partial charge in [-0.1, -0.05) is 12.1 Å². The molecule has 144 valence electrons. The maximum absolute atomic E-state index is 12.5. The lowest BCUT2D eigenvalue weighted by atomic mass is 10.2. The van der Waals surface area contributed by atoms with Gasteiger partial charge in [-0.3, -0.25) is 14.2 Å².